The maximum Gasteiger partial charge on any atom is 0.293 e. The molecule has 0 spiro atoms. The van der Waals surface area contributed by atoms with Crippen LogP contribution in [0, 0.1) is 0 Å². The van der Waals surface area contributed by atoms with E-state index >= 15 is 0 Å². The van der Waals surface area contributed by atoms with Crippen LogP contribution in [0.15, 0.2) is 0 Å². The van der Waals surface area contributed by atoms with Gasteiger partial charge in [0.2, 0.25) is 0 Å². The van der Waals surface area contributed by atoms with Crippen LogP contribution in [0.25, 0.3) is 0 Å². The predicted molar refractivity (Wildman–Crippen MR) is 35.0 cm³/mol. The number of hydrogen-bond donors (Lipinski definition) is 0. The molecule has 0 bridgehead atoms. The van der Waals surface area contributed by atoms with Crippen LogP contribution in [0.1, 0.15) is 12.8 Å². The van der Waals surface area contributed by atoms with Crippen LogP contribution in [0.2, 0.25) is 0 Å². The molecule has 0 aliphatic heterocycles. The highest BCUT2D eigenvalue weighted by molar-refractivity contribution is 9.09. The largest absolute Gasteiger partial charge is 0.468 e. The summed E-state index contributed by atoms with van der Waals surface area (Å²) in [5, 5.41) is 0.981. The fraction of sp³-hybridized carbons (Fsp3) is 0.800. The lowest BCUT2D eigenvalue weighted by Gasteiger charge is -1.93. The highest BCUT2D eigenvalue weighted by Crippen LogP contribution is 1.92. The second-order valence-corrected chi connectivity index (χ2v) is 2.16. The van der Waals surface area contributed by atoms with Crippen molar-refractivity contribution < 1.29 is 9.53 Å². The van der Waals surface area contributed by atoms with Gasteiger partial charge in [-0.3, -0.25) is 4.79 Å². The molecule has 0 rings (SSSR count). The van der Waals surface area contributed by atoms with Gasteiger partial charge >= 0.3 is 0 Å². The van der Waals surface area contributed by atoms with Crippen LogP contribution in [0.3, 0.4) is 0 Å². The summed E-state index contributed by atoms with van der Waals surface area (Å²) in [6.07, 6.45) is 2.01. The van der Waals surface area contributed by atoms with E-state index < -0.39 is 0 Å². The minimum absolute atomic E-state index is 0.480. The number of alkyl halides is 1. The molecule has 0 saturated carbocycles. The monoisotopic (exact) mass is 180 g/mol. The second kappa shape index (κ2) is 6.95. The van der Waals surface area contributed by atoms with Gasteiger partial charge in [-0.1, -0.05) is 15.9 Å². The molecule has 0 N–H and O–H groups in total. The van der Waals surface area contributed by atoms with Gasteiger partial charge < -0.3 is 4.74 Å². The van der Waals surface area contributed by atoms with Gasteiger partial charge in [0.05, 0.1) is 6.61 Å². The number of unbranched alkanes of at least 4 members (excludes halogenated alkanes) is 1. The standard InChI is InChI=1S/C5H9BrO2/c6-3-1-2-4-8-5-7/h5H,1-4H2. The number of halogens is 1. The fourth-order valence-corrected chi connectivity index (χ4v) is 0.724. The van der Waals surface area contributed by atoms with Crippen molar-refractivity contribution in [3.63, 3.8) is 0 Å². The highest BCUT2D eigenvalue weighted by Gasteiger charge is 1.83. The van der Waals surface area contributed by atoms with Crippen molar-refractivity contribution in [2.75, 3.05) is 11.9 Å². The fourth-order valence-electron chi connectivity index (χ4n) is 0.328. The maximum absolute atomic E-state index is 9.53. The molecule has 0 unspecified atom stereocenters. The molecule has 2 nitrogen and oxygen atoms in total. The van der Waals surface area contributed by atoms with Gasteiger partial charge in [-0.25, -0.2) is 0 Å². The van der Waals surface area contributed by atoms with E-state index in [1.807, 2.05) is 0 Å². The molecular weight excluding hydrogens is 172 g/mol. The van der Waals surface area contributed by atoms with Crippen molar-refractivity contribution in [3.05, 3.63) is 0 Å². The van der Waals surface area contributed by atoms with Gasteiger partial charge in [-0.15, -0.1) is 0 Å². The molecule has 0 aromatic carbocycles. The number of hydrogen-bond acceptors (Lipinski definition) is 2. The van der Waals surface area contributed by atoms with E-state index in [2.05, 4.69) is 20.7 Å². The summed E-state index contributed by atoms with van der Waals surface area (Å²) in [4.78, 5) is 9.53. The average molecular weight is 181 g/mol. The molecule has 3 heteroatoms. The Morgan fingerprint density at radius 1 is 1.50 bits per heavy atom. The van der Waals surface area contributed by atoms with Crippen molar-refractivity contribution in [2.45, 2.75) is 12.8 Å². The molecule has 0 saturated heterocycles. The summed E-state index contributed by atoms with van der Waals surface area (Å²) in [6.45, 7) is 1.03. The smallest absolute Gasteiger partial charge is 0.293 e. The zero-order valence-electron chi connectivity index (χ0n) is 4.60. The Labute approximate surface area is 57.3 Å². The Hall–Kier alpha value is -0.0500. The number of carbonyl (C=O) groups excluding carboxylic acids is 1. The third-order valence-corrected chi connectivity index (χ3v) is 1.27. The van der Waals surface area contributed by atoms with E-state index in [-0.39, 0.29) is 0 Å². The molecule has 48 valence electrons. The maximum atomic E-state index is 9.53. The molecule has 0 radical (unpaired) electrons. The first-order valence-electron chi connectivity index (χ1n) is 2.53. The van der Waals surface area contributed by atoms with Gasteiger partial charge in [0.1, 0.15) is 0 Å². The zero-order chi connectivity index (χ0) is 6.24. The first-order valence-corrected chi connectivity index (χ1v) is 3.65. The second-order valence-electron chi connectivity index (χ2n) is 1.36. The van der Waals surface area contributed by atoms with Crippen LogP contribution in [-0.4, -0.2) is 18.4 Å². The van der Waals surface area contributed by atoms with Gasteiger partial charge in [-0.2, -0.15) is 0 Å². The van der Waals surface area contributed by atoms with Crippen molar-refractivity contribution >= 4 is 22.4 Å². The molecule has 0 aliphatic rings. The van der Waals surface area contributed by atoms with Crippen molar-refractivity contribution in [1.29, 1.82) is 0 Å². The molecule has 0 aliphatic carbocycles. The van der Waals surface area contributed by atoms with Crippen LogP contribution in [0.4, 0.5) is 0 Å². The summed E-state index contributed by atoms with van der Waals surface area (Å²) in [6, 6.07) is 0. The Morgan fingerprint density at radius 2 is 2.25 bits per heavy atom. The first kappa shape index (κ1) is 7.95. The summed E-state index contributed by atoms with van der Waals surface area (Å²) < 4.78 is 4.43. The predicted octanol–water partition coefficient (Wildman–Crippen LogP) is 1.33. The molecule has 0 amide bonds. The first-order chi connectivity index (χ1) is 3.91. The van der Waals surface area contributed by atoms with Gasteiger partial charge in [0.15, 0.2) is 0 Å². The Kier molecular flexibility index (Phi) is 6.91. The molecule has 0 atom stereocenters. The third kappa shape index (κ3) is 5.95. The Bertz CT molecular complexity index is 56.4. The third-order valence-electron chi connectivity index (χ3n) is 0.714. The number of carbonyl (C=O) groups is 1. The van der Waals surface area contributed by atoms with Gasteiger partial charge in [0.25, 0.3) is 6.47 Å². The van der Waals surface area contributed by atoms with E-state index in [1.165, 1.54) is 0 Å². The number of rotatable bonds is 5. The topological polar surface area (TPSA) is 26.3 Å². The van der Waals surface area contributed by atoms with E-state index in [1.54, 1.807) is 0 Å². The summed E-state index contributed by atoms with van der Waals surface area (Å²) in [7, 11) is 0. The van der Waals surface area contributed by atoms with Gasteiger partial charge in [0, 0.05) is 5.33 Å². The van der Waals surface area contributed by atoms with Crippen LogP contribution in [0.5, 0.6) is 0 Å². The zero-order valence-corrected chi connectivity index (χ0v) is 6.19. The Balaban J connectivity index is 2.62. The molecule has 8 heavy (non-hydrogen) atoms. The molecule has 0 aromatic rings. The SMILES string of the molecule is O=COCCCCBr. The van der Waals surface area contributed by atoms with Crippen LogP contribution >= 0.6 is 15.9 Å². The lowest BCUT2D eigenvalue weighted by molar-refractivity contribution is -0.128. The van der Waals surface area contributed by atoms with E-state index in [4.69, 9.17) is 0 Å². The quantitative estimate of drug-likeness (QED) is 0.363. The number of ether oxygens (including phenoxy) is 1. The van der Waals surface area contributed by atoms with E-state index in [0.29, 0.717) is 13.1 Å². The van der Waals surface area contributed by atoms with Crippen molar-refractivity contribution in [2.24, 2.45) is 0 Å². The highest BCUT2D eigenvalue weighted by atomic mass is 79.9. The van der Waals surface area contributed by atoms with E-state index in [0.717, 1.165) is 18.2 Å². The lowest BCUT2D eigenvalue weighted by Crippen LogP contribution is -1.90. The van der Waals surface area contributed by atoms with Crippen molar-refractivity contribution in [3.8, 4) is 0 Å². The minimum atomic E-state index is 0.480. The molecule has 0 fully saturated rings. The lowest BCUT2D eigenvalue weighted by atomic mass is 10.4. The average Bonchev–Trinajstić information content (AvgIpc) is 1.81. The van der Waals surface area contributed by atoms with E-state index in [9.17, 15) is 4.79 Å². The molecule has 0 heterocycles. The normalized spacial score (nSPS) is 8.62. The summed E-state index contributed by atoms with van der Waals surface area (Å²) in [5.74, 6) is 0. The van der Waals surface area contributed by atoms with Gasteiger partial charge in [-0.05, 0) is 12.8 Å². The summed E-state index contributed by atoms with van der Waals surface area (Å²) >= 11 is 3.26. The molecule has 0 aromatic heterocycles. The Morgan fingerprint density at radius 3 is 2.75 bits per heavy atom. The van der Waals surface area contributed by atoms with Crippen LogP contribution in [-0.2, 0) is 9.53 Å². The van der Waals surface area contributed by atoms with Crippen molar-refractivity contribution in [1.82, 2.24) is 0 Å². The van der Waals surface area contributed by atoms with Crippen LogP contribution < -0.4 is 0 Å². The molecular formula is C5H9BrO2. The summed E-state index contributed by atoms with van der Waals surface area (Å²) in [5.41, 5.74) is 0. The minimum Gasteiger partial charge on any atom is -0.468 e.